The number of carbonyl (C=O) groups is 1. The first kappa shape index (κ1) is 16.9. The third kappa shape index (κ3) is 2.44. The molecule has 10 nitrogen and oxygen atoms in total. The van der Waals surface area contributed by atoms with Crippen molar-refractivity contribution < 1.29 is 4.79 Å². The van der Waals surface area contributed by atoms with Crippen LogP contribution in [0.15, 0.2) is 14.7 Å². The number of anilines is 1. The molecule has 0 aromatic carbocycles. The molecule has 0 spiro atoms. The number of aromatic nitrogens is 4. The maximum atomic E-state index is 12.9. The zero-order valence-corrected chi connectivity index (χ0v) is 14.7. The summed E-state index contributed by atoms with van der Waals surface area (Å²) in [7, 11) is 1.58. The third-order valence-corrected chi connectivity index (χ3v) is 4.41. The molecule has 2 aromatic rings. The molecule has 0 radical (unpaired) electrons. The predicted molar refractivity (Wildman–Crippen MR) is 93.9 cm³/mol. The van der Waals surface area contributed by atoms with Crippen LogP contribution in [0.25, 0.3) is 11.2 Å². The van der Waals surface area contributed by atoms with Crippen LogP contribution in [-0.2, 0) is 18.4 Å². The number of amides is 1. The molecule has 3 rings (SSSR count). The number of hydrazone groups is 1. The van der Waals surface area contributed by atoms with E-state index in [1.165, 1.54) is 14.1 Å². The zero-order valence-electron chi connectivity index (χ0n) is 14.7. The minimum Gasteiger partial charge on any atom is -0.368 e. The van der Waals surface area contributed by atoms with Crippen molar-refractivity contribution in [3.8, 4) is 0 Å². The number of imidazole rings is 1. The Balaban J connectivity index is 2.40. The Morgan fingerprint density at radius 2 is 2.00 bits per heavy atom. The molecule has 0 fully saturated rings. The van der Waals surface area contributed by atoms with E-state index in [-0.39, 0.29) is 23.8 Å². The van der Waals surface area contributed by atoms with E-state index in [2.05, 4.69) is 10.1 Å². The van der Waals surface area contributed by atoms with E-state index >= 15 is 0 Å². The molecule has 2 N–H and O–H groups in total. The van der Waals surface area contributed by atoms with E-state index in [9.17, 15) is 14.4 Å². The summed E-state index contributed by atoms with van der Waals surface area (Å²) in [5.41, 5.74) is 5.79. The Morgan fingerprint density at radius 1 is 1.32 bits per heavy atom. The van der Waals surface area contributed by atoms with Gasteiger partial charge in [-0.15, -0.1) is 0 Å². The van der Waals surface area contributed by atoms with Gasteiger partial charge < -0.3 is 5.73 Å². The number of rotatable bonds is 4. The molecule has 1 amide bonds. The molecule has 1 aliphatic heterocycles. The van der Waals surface area contributed by atoms with Crippen molar-refractivity contribution in [2.24, 2.45) is 17.9 Å². The first-order valence-corrected chi connectivity index (χ1v) is 8.10. The van der Waals surface area contributed by atoms with Gasteiger partial charge in [0, 0.05) is 13.6 Å². The minimum atomic E-state index is -0.568. The summed E-state index contributed by atoms with van der Waals surface area (Å²) in [6, 6.07) is -0.232. The van der Waals surface area contributed by atoms with Gasteiger partial charge in [0.15, 0.2) is 11.2 Å². The summed E-state index contributed by atoms with van der Waals surface area (Å²) in [4.78, 5) is 41.2. The minimum absolute atomic E-state index is 0.162. The molecule has 0 saturated heterocycles. The number of aryl methyl sites for hydroxylation is 1. The molecule has 3 heterocycles. The van der Waals surface area contributed by atoms with Crippen LogP contribution in [0.4, 0.5) is 5.95 Å². The van der Waals surface area contributed by atoms with Gasteiger partial charge in [-0.1, -0.05) is 6.92 Å². The van der Waals surface area contributed by atoms with E-state index in [0.717, 1.165) is 0 Å². The van der Waals surface area contributed by atoms with Gasteiger partial charge in [-0.3, -0.25) is 23.3 Å². The summed E-state index contributed by atoms with van der Waals surface area (Å²) in [5, 5.41) is 5.72. The van der Waals surface area contributed by atoms with Crippen LogP contribution in [-0.4, -0.2) is 36.8 Å². The van der Waals surface area contributed by atoms with Gasteiger partial charge in [0.05, 0.1) is 11.8 Å². The molecule has 25 heavy (non-hydrogen) atoms. The molecule has 10 heteroatoms. The lowest BCUT2D eigenvalue weighted by Gasteiger charge is -2.28. The summed E-state index contributed by atoms with van der Waals surface area (Å²) in [6.45, 7) is 5.76. The summed E-state index contributed by atoms with van der Waals surface area (Å²) in [5.74, 6) is -0.241. The van der Waals surface area contributed by atoms with Gasteiger partial charge in [0.25, 0.3) is 5.56 Å². The van der Waals surface area contributed by atoms with Gasteiger partial charge in [-0.05, 0) is 20.3 Å². The fourth-order valence-corrected chi connectivity index (χ4v) is 3.06. The Morgan fingerprint density at radius 3 is 2.60 bits per heavy atom. The molecule has 0 aliphatic carbocycles. The van der Waals surface area contributed by atoms with Gasteiger partial charge in [0.1, 0.15) is 6.54 Å². The Labute approximate surface area is 143 Å². The van der Waals surface area contributed by atoms with Crippen molar-refractivity contribution in [2.45, 2.75) is 39.8 Å². The fourth-order valence-electron chi connectivity index (χ4n) is 3.06. The van der Waals surface area contributed by atoms with Crippen molar-refractivity contribution >= 4 is 28.7 Å². The summed E-state index contributed by atoms with van der Waals surface area (Å²) >= 11 is 0. The molecule has 1 aliphatic rings. The molecular formula is C15H21N7O3. The van der Waals surface area contributed by atoms with Crippen LogP contribution in [0, 0.1) is 0 Å². The average Bonchev–Trinajstić information content (AvgIpc) is 2.95. The van der Waals surface area contributed by atoms with E-state index in [0.29, 0.717) is 30.1 Å². The fraction of sp³-hybridized carbons (Fsp3) is 0.533. The van der Waals surface area contributed by atoms with E-state index in [1.807, 2.05) is 13.8 Å². The first-order chi connectivity index (χ1) is 11.8. The largest absolute Gasteiger partial charge is 0.368 e. The monoisotopic (exact) mass is 347 g/mol. The normalized spacial score (nSPS) is 16.9. The third-order valence-electron chi connectivity index (χ3n) is 4.41. The first-order valence-electron chi connectivity index (χ1n) is 8.10. The predicted octanol–water partition coefficient (Wildman–Crippen LogP) is -0.451. The number of nitrogens with zero attached hydrogens (tertiary/aromatic N) is 6. The lowest BCUT2D eigenvalue weighted by atomic mass is 10.2. The average molecular weight is 347 g/mol. The Kier molecular flexibility index (Phi) is 3.97. The topological polar surface area (TPSA) is 121 Å². The van der Waals surface area contributed by atoms with Gasteiger partial charge in [-0.2, -0.15) is 10.1 Å². The van der Waals surface area contributed by atoms with Gasteiger partial charge >= 0.3 is 5.69 Å². The highest BCUT2D eigenvalue weighted by Gasteiger charge is 2.31. The van der Waals surface area contributed by atoms with Crippen molar-refractivity contribution in [3.63, 3.8) is 0 Å². The quantitative estimate of drug-likeness (QED) is 0.803. The molecule has 0 bridgehead atoms. The Hall–Kier alpha value is -2.91. The molecule has 0 saturated carbocycles. The SMILES string of the molecule is CCCn1c(=O)c2c(nc3n2[C@@H](C)C(C)=NN3CC(N)=O)n(C)c1=O. The van der Waals surface area contributed by atoms with Crippen LogP contribution in [0.5, 0.6) is 0 Å². The number of hydrogen-bond acceptors (Lipinski definition) is 6. The van der Waals surface area contributed by atoms with Crippen molar-refractivity contribution in [2.75, 3.05) is 11.6 Å². The second kappa shape index (κ2) is 5.87. The summed E-state index contributed by atoms with van der Waals surface area (Å²) in [6.07, 6.45) is 0.658. The molecular weight excluding hydrogens is 326 g/mol. The maximum absolute atomic E-state index is 12.9. The summed E-state index contributed by atoms with van der Waals surface area (Å²) < 4.78 is 4.28. The lowest BCUT2D eigenvalue weighted by Crippen LogP contribution is -2.40. The van der Waals surface area contributed by atoms with Crippen LogP contribution in [0.2, 0.25) is 0 Å². The number of primary amides is 1. The molecule has 134 valence electrons. The number of fused-ring (bicyclic) bond motifs is 3. The van der Waals surface area contributed by atoms with Crippen molar-refractivity contribution in [3.05, 3.63) is 20.8 Å². The highest BCUT2D eigenvalue weighted by Crippen LogP contribution is 2.29. The van der Waals surface area contributed by atoms with E-state index < -0.39 is 11.6 Å². The van der Waals surface area contributed by atoms with Crippen LogP contribution >= 0.6 is 0 Å². The van der Waals surface area contributed by atoms with E-state index in [4.69, 9.17) is 5.73 Å². The van der Waals surface area contributed by atoms with Crippen LogP contribution in [0.3, 0.4) is 0 Å². The zero-order chi connectivity index (χ0) is 18.5. The standard InChI is InChI=1S/C15H21N7O3/c1-5-6-20-13(24)11-12(19(4)15(20)25)17-14-21(7-10(16)23)18-8(2)9(3)22(11)14/h9H,5-7H2,1-4H3,(H2,16,23)/t9-/m0/s1. The molecule has 2 aromatic heterocycles. The smallest absolute Gasteiger partial charge is 0.332 e. The highest BCUT2D eigenvalue weighted by atomic mass is 16.2. The van der Waals surface area contributed by atoms with E-state index in [1.54, 1.807) is 18.5 Å². The van der Waals surface area contributed by atoms with Crippen molar-refractivity contribution in [1.29, 1.82) is 0 Å². The second-order valence-electron chi connectivity index (χ2n) is 6.19. The molecule has 1 atom stereocenters. The number of nitrogens with two attached hydrogens (primary N) is 1. The van der Waals surface area contributed by atoms with Crippen molar-refractivity contribution in [1.82, 2.24) is 18.7 Å². The maximum Gasteiger partial charge on any atom is 0.332 e. The Bertz CT molecular complexity index is 1010. The van der Waals surface area contributed by atoms with Gasteiger partial charge in [0.2, 0.25) is 11.9 Å². The van der Waals surface area contributed by atoms with Gasteiger partial charge in [-0.25, -0.2) is 9.80 Å². The van der Waals surface area contributed by atoms with Crippen LogP contribution in [0.1, 0.15) is 33.2 Å². The molecule has 0 unspecified atom stereocenters. The number of carbonyl (C=O) groups excluding carboxylic acids is 1. The second-order valence-corrected chi connectivity index (χ2v) is 6.19. The van der Waals surface area contributed by atoms with Crippen LogP contribution < -0.4 is 22.0 Å². The lowest BCUT2D eigenvalue weighted by molar-refractivity contribution is -0.116. The highest BCUT2D eigenvalue weighted by molar-refractivity contribution is 5.92. The number of hydrogen-bond donors (Lipinski definition) is 1.